The van der Waals surface area contributed by atoms with Gasteiger partial charge in [0.05, 0.1) is 0 Å². The maximum Gasteiger partial charge on any atom is -0.000812 e. The van der Waals surface area contributed by atoms with Crippen LogP contribution in [0, 0.1) is 0 Å². The van der Waals surface area contributed by atoms with Gasteiger partial charge in [-0.25, -0.2) is 0 Å². The molecule has 1 heterocycles. The quantitative estimate of drug-likeness (QED) is 0.659. The largest absolute Gasteiger partial charge is 0.316 e. The van der Waals surface area contributed by atoms with E-state index in [9.17, 15) is 0 Å². The summed E-state index contributed by atoms with van der Waals surface area (Å²) in [5.41, 5.74) is 2.84. The summed E-state index contributed by atoms with van der Waals surface area (Å²) in [6.45, 7) is 8.08. The highest BCUT2D eigenvalue weighted by Crippen LogP contribution is 2.16. The second-order valence-electron chi connectivity index (χ2n) is 3.00. The molecular formula is C11H17N. The summed E-state index contributed by atoms with van der Waals surface area (Å²) in [4.78, 5) is 0. The first kappa shape index (κ1) is 9.27. The van der Waals surface area contributed by atoms with Crippen LogP contribution in [0.5, 0.6) is 0 Å². The van der Waals surface area contributed by atoms with E-state index < -0.39 is 0 Å². The van der Waals surface area contributed by atoms with Gasteiger partial charge in [0.2, 0.25) is 0 Å². The molecule has 0 aliphatic carbocycles. The minimum Gasteiger partial charge on any atom is -0.316 e. The Balaban J connectivity index is 2.81. The Bertz CT molecular complexity index is 211. The van der Waals surface area contributed by atoms with Gasteiger partial charge in [0.25, 0.3) is 0 Å². The number of hydrogen-bond donors (Lipinski definition) is 1. The third kappa shape index (κ3) is 2.35. The van der Waals surface area contributed by atoms with Crippen molar-refractivity contribution in [3.63, 3.8) is 0 Å². The first-order chi connectivity index (χ1) is 5.88. The zero-order chi connectivity index (χ0) is 8.81. The van der Waals surface area contributed by atoms with Gasteiger partial charge in [-0.2, -0.15) is 0 Å². The average Bonchev–Trinajstić information content (AvgIpc) is 2.30. The maximum absolute atomic E-state index is 3.84. The van der Waals surface area contributed by atoms with E-state index in [1.807, 2.05) is 6.08 Å². The molecule has 0 aromatic carbocycles. The summed E-state index contributed by atoms with van der Waals surface area (Å²) in [6.07, 6.45) is 8.53. The molecule has 66 valence electrons. The molecule has 1 aliphatic heterocycles. The molecule has 1 rings (SSSR count). The molecule has 0 aromatic heterocycles. The summed E-state index contributed by atoms with van der Waals surface area (Å²) in [5.74, 6) is 0. The second kappa shape index (κ2) is 4.94. The Morgan fingerprint density at radius 1 is 1.25 bits per heavy atom. The van der Waals surface area contributed by atoms with Crippen LogP contribution < -0.4 is 5.32 Å². The van der Waals surface area contributed by atoms with Crippen molar-refractivity contribution in [1.82, 2.24) is 5.32 Å². The monoisotopic (exact) mass is 163 g/mol. The van der Waals surface area contributed by atoms with E-state index in [0.717, 1.165) is 25.9 Å². The van der Waals surface area contributed by atoms with Gasteiger partial charge in [0.1, 0.15) is 0 Å². The first-order valence-electron chi connectivity index (χ1n) is 4.56. The Hall–Kier alpha value is -0.820. The summed E-state index contributed by atoms with van der Waals surface area (Å²) >= 11 is 0. The number of rotatable bonds is 2. The highest BCUT2D eigenvalue weighted by molar-refractivity contribution is 5.33. The lowest BCUT2D eigenvalue weighted by atomic mass is 10.0. The van der Waals surface area contributed by atoms with Gasteiger partial charge in [0, 0.05) is 0 Å². The fraction of sp³-hybridized carbons (Fsp3) is 0.455. The SMILES string of the molecule is C=CC1=C(/C=C\C)CCNCC1. The zero-order valence-electron chi connectivity index (χ0n) is 7.77. The van der Waals surface area contributed by atoms with Gasteiger partial charge in [-0.15, -0.1) is 0 Å². The molecule has 1 heteroatoms. The fourth-order valence-electron chi connectivity index (χ4n) is 1.52. The third-order valence-corrected chi connectivity index (χ3v) is 2.17. The molecule has 0 aromatic rings. The molecule has 0 saturated heterocycles. The third-order valence-electron chi connectivity index (χ3n) is 2.17. The van der Waals surface area contributed by atoms with E-state index in [-0.39, 0.29) is 0 Å². The summed E-state index contributed by atoms with van der Waals surface area (Å²) in [7, 11) is 0. The molecule has 12 heavy (non-hydrogen) atoms. The van der Waals surface area contributed by atoms with Crippen LogP contribution in [0.1, 0.15) is 19.8 Å². The van der Waals surface area contributed by atoms with E-state index in [0.29, 0.717) is 0 Å². The van der Waals surface area contributed by atoms with E-state index in [2.05, 4.69) is 31.0 Å². The van der Waals surface area contributed by atoms with Gasteiger partial charge >= 0.3 is 0 Å². The normalized spacial score (nSPS) is 19.8. The van der Waals surface area contributed by atoms with Gasteiger partial charge < -0.3 is 5.32 Å². The molecule has 1 N–H and O–H groups in total. The Morgan fingerprint density at radius 3 is 2.50 bits per heavy atom. The van der Waals surface area contributed by atoms with Crippen molar-refractivity contribution in [3.8, 4) is 0 Å². The number of nitrogens with one attached hydrogen (secondary N) is 1. The molecule has 0 spiro atoms. The van der Waals surface area contributed by atoms with Gasteiger partial charge in [0.15, 0.2) is 0 Å². The van der Waals surface area contributed by atoms with Crippen LogP contribution in [0.3, 0.4) is 0 Å². The van der Waals surface area contributed by atoms with Crippen LogP contribution in [0.4, 0.5) is 0 Å². The van der Waals surface area contributed by atoms with E-state index in [1.54, 1.807) is 0 Å². The molecule has 1 nitrogen and oxygen atoms in total. The van der Waals surface area contributed by atoms with Crippen LogP contribution in [-0.4, -0.2) is 13.1 Å². The summed E-state index contributed by atoms with van der Waals surface area (Å²) in [6, 6.07) is 0. The van der Waals surface area contributed by atoms with Gasteiger partial charge in [-0.1, -0.05) is 24.8 Å². The highest BCUT2D eigenvalue weighted by Gasteiger charge is 2.04. The number of hydrogen-bond acceptors (Lipinski definition) is 1. The molecule has 0 amide bonds. The smallest absolute Gasteiger partial charge is 0.000812 e. The Morgan fingerprint density at radius 2 is 1.92 bits per heavy atom. The van der Waals surface area contributed by atoms with Crippen molar-refractivity contribution < 1.29 is 0 Å². The zero-order valence-corrected chi connectivity index (χ0v) is 7.77. The van der Waals surface area contributed by atoms with Gasteiger partial charge in [-0.05, 0) is 44.0 Å². The van der Waals surface area contributed by atoms with Crippen molar-refractivity contribution in [2.24, 2.45) is 0 Å². The predicted molar refractivity (Wildman–Crippen MR) is 54.1 cm³/mol. The molecule has 0 unspecified atom stereocenters. The van der Waals surface area contributed by atoms with Crippen LogP contribution in [0.2, 0.25) is 0 Å². The predicted octanol–water partition coefficient (Wildman–Crippen LogP) is 2.43. The lowest BCUT2D eigenvalue weighted by Crippen LogP contribution is -2.14. The van der Waals surface area contributed by atoms with Crippen LogP contribution >= 0.6 is 0 Å². The van der Waals surface area contributed by atoms with Crippen molar-refractivity contribution in [3.05, 3.63) is 36.0 Å². The second-order valence-corrected chi connectivity index (χ2v) is 3.00. The standard InChI is InChI=1S/C11H17N/c1-3-5-11-7-9-12-8-6-10(11)4-2/h3-5,12H,2,6-9H2,1H3/b5-3-. The Kier molecular flexibility index (Phi) is 3.81. The number of allylic oxidation sites excluding steroid dienone is 3. The molecule has 0 fully saturated rings. The summed E-state index contributed by atoms with van der Waals surface area (Å²) in [5, 5.41) is 3.38. The van der Waals surface area contributed by atoms with Gasteiger partial charge in [-0.3, -0.25) is 0 Å². The fourth-order valence-corrected chi connectivity index (χ4v) is 1.52. The lowest BCUT2D eigenvalue weighted by molar-refractivity contribution is 0.710. The van der Waals surface area contributed by atoms with Crippen molar-refractivity contribution >= 4 is 0 Å². The molecule has 0 bridgehead atoms. The molecule has 0 atom stereocenters. The van der Waals surface area contributed by atoms with Crippen molar-refractivity contribution in [1.29, 1.82) is 0 Å². The van der Waals surface area contributed by atoms with Crippen molar-refractivity contribution in [2.75, 3.05) is 13.1 Å². The first-order valence-corrected chi connectivity index (χ1v) is 4.56. The maximum atomic E-state index is 3.84. The van der Waals surface area contributed by atoms with E-state index >= 15 is 0 Å². The van der Waals surface area contributed by atoms with Crippen LogP contribution in [0.15, 0.2) is 36.0 Å². The average molecular weight is 163 g/mol. The van der Waals surface area contributed by atoms with E-state index in [1.165, 1.54) is 11.1 Å². The molecule has 0 radical (unpaired) electrons. The molecule has 0 saturated carbocycles. The van der Waals surface area contributed by atoms with Crippen LogP contribution in [0.25, 0.3) is 0 Å². The molecule has 1 aliphatic rings. The Labute approximate surface area is 74.9 Å². The topological polar surface area (TPSA) is 12.0 Å². The van der Waals surface area contributed by atoms with Crippen LogP contribution in [-0.2, 0) is 0 Å². The minimum absolute atomic E-state index is 1.09. The summed E-state index contributed by atoms with van der Waals surface area (Å²) < 4.78 is 0. The van der Waals surface area contributed by atoms with E-state index in [4.69, 9.17) is 0 Å². The highest BCUT2D eigenvalue weighted by atomic mass is 14.8. The minimum atomic E-state index is 1.09. The lowest BCUT2D eigenvalue weighted by Gasteiger charge is -2.02. The van der Waals surface area contributed by atoms with Crippen molar-refractivity contribution in [2.45, 2.75) is 19.8 Å². The molecular weight excluding hydrogens is 146 g/mol.